The van der Waals surface area contributed by atoms with E-state index in [1.165, 1.54) is 19.4 Å². The van der Waals surface area contributed by atoms with E-state index in [1.807, 2.05) is 6.92 Å². The second-order valence-electron chi connectivity index (χ2n) is 3.78. The third-order valence-corrected chi connectivity index (χ3v) is 2.48. The molecule has 1 aliphatic heterocycles. The Bertz CT molecular complexity index is 170. The third kappa shape index (κ3) is 3.77. The monoisotopic (exact) mass is 185 g/mol. The topological polar surface area (TPSA) is 29.5 Å². The van der Waals surface area contributed by atoms with Crippen molar-refractivity contribution in [2.45, 2.75) is 26.2 Å². The summed E-state index contributed by atoms with van der Waals surface area (Å²) in [5.74, 6) is 0.473. The highest BCUT2D eigenvalue weighted by Gasteiger charge is 2.20. The van der Waals surface area contributed by atoms with Gasteiger partial charge in [-0.3, -0.25) is 4.79 Å². The van der Waals surface area contributed by atoms with E-state index in [0.29, 0.717) is 18.9 Å². The van der Waals surface area contributed by atoms with Crippen LogP contribution in [-0.2, 0) is 9.53 Å². The Morgan fingerprint density at radius 3 is 3.00 bits per heavy atom. The van der Waals surface area contributed by atoms with Crippen LogP contribution in [0.5, 0.6) is 0 Å². The average Bonchev–Trinajstić information content (AvgIpc) is 2.04. The van der Waals surface area contributed by atoms with E-state index in [0.717, 1.165) is 6.54 Å². The van der Waals surface area contributed by atoms with Crippen molar-refractivity contribution in [1.29, 1.82) is 0 Å². The minimum Gasteiger partial charge on any atom is -0.466 e. The maximum absolute atomic E-state index is 11.2. The van der Waals surface area contributed by atoms with Crippen molar-refractivity contribution in [2.75, 3.05) is 26.7 Å². The predicted octanol–water partition coefficient (Wildman–Crippen LogP) is 1.28. The molecule has 0 aromatic rings. The molecule has 0 bridgehead atoms. The first-order valence-electron chi connectivity index (χ1n) is 5.06. The summed E-state index contributed by atoms with van der Waals surface area (Å²) in [6.07, 6.45) is 2.97. The van der Waals surface area contributed by atoms with Gasteiger partial charge in [0.05, 0.1) is 6.61 Å². The number of ether oxygens (including phenoxy) is 1. The molecule has 0 amide bonds. The van der Waals surface area contributed by atoms with Crippen LogP contribution in [0, 0.1) is 5.92 Å². The standard InChI is InChI=1S/C10H19NO2/c1-3-13-10(12)7-9-5-4-6-11(2)8-9/h9H,3-8H2,1-2H3/t9-/m1/s1. The van der Waals surface area contributed by atoms with Crippen LogP contribution in [0.25, 0.3) is 0 Å². The van der Waals surface area contributed by atoms with Gasteiger partial charge in [-0.2, -0.15) is 0 Å². The number of piperidine rings is 1. The highest BCUT2D eigenvalue weighted by Crippen LogP contribution is 2.18. The van der Waals surface area contributed by atoms with Crippen molar-refractivity contribution in [1.82, 2.24) is 4.90 Å². The zero-order valence-electron chi connectivity index (χ0n) is 8.58. The molecule has 3 heteroatoms. The second-order valence-corrected chi connectivity index (χ2v) is 3.78. The largest absolute Gasteiger partial charge is 0.466 e. The van der Waals surface area contributed by atoms with Crippen LogP contribution in [0.1, 0.15) is 26.2 Å². The first-order chi connectivity index (χ1) is 6.22. The van der Waals surface area contributed by atoms with Gasteiger partial charge in [0.25, 0.3) is 0 Å². The van der Waals surface area contributed by atoms with Crippen molar-refractivity contribution in [3.63, 3.8) is 0 Å². The number of rotatable bonds is 3. The van der Waals surface area contributed by atoms with Gasteiger partial charge in [0.1, 0.15) is 0 Å². The van der Waals surface area contributed by atoms with Gasteiger partial charge in [0.2, 0.25) is 0 Å². The van der Waals surface area contributed by atoms with E-state index in [9.17, 15) is 4.79 Å². The van der Waals surface area contributed by atoms with E-state index in [-0.39, 0.29) is 5.97 Å². The van der Waals surface area contributed by atoms with Crippen molar-refractivity contribution < 1.29 is 9.53 Å². The number of carbonyl (C=O) groups excluding carboxylic acids is 1. The van der Waals surface area contributed by atoms with Crippen LogP contribution in [0.15, 0.2) is 0 Å². The molecule has 13 heavy (non-hydrogen) atoms. The molecule has 0 N–H and O–H groups in total. The van der Waals surface area contributed by atoms with Gasteiger partial charge < -0.3 is 9.64 Å². The fraction of sp³-hybridized carbons (Fsp3) is 0.900. The lowest BCUT2D eigenvalue weighted by molar-refractivity contribution is -0.144. The minimum absolute atomic E-state index is 0.0391. The molecule has 1 atom stereocenters. The van der Waals surface area contributed by atoms with Gasteiger partial charge in [0, 0.05) is 13.0 Å². The molecular weight excluding hydrogens is 166 g/mol. The second kappa shape index (κ2) is 5.22. The number of nitrogens with zero attached hydrogens (tertiary/aromatic N) is 1. The number of esters is 1. The van der Waals surface area contributed by atoms with E-state index in [4.69, 9.17) is 4.74 Å². The van der Waals surface area contributed by atoms with Crippen LogP contribution in [-0.4, -0.2) is 37.6 Å². The summed E-state index contributed by atoms with van der Waals surface area (Å²) in [5, 5.41) is 0. The Kier molecular flexibility index (Phi) is 4.22. The molecule has 1 heterocycles. The summed E-state index contributed by atoms with van der Waals surface area (Å²) in [5.41, 5.74) is 0. The molecule has 0 spiro atoms. The molecule has 0 aliphatic carbocycles. The number of hydrogen-bond acceptors (Lipinski definition) is 3. The minimum atomic E-state index is -0.0391. The first kappa shape index (κ1) is 10.5. The molecule has 0 radical (unpaired) electrons. The predicted molar refractivity (Wildman–Crippen MR) is 51.5 cm³/mol. The Balaban J connectivity index is 2.23. The van der Waals surface area contributed by atoms with Crippen molar-refractivity contribution in [3.8, 4) is 0 Å². The van der Waals surface area contributed by atoms with Gasteiger partial charge in [-0.15, -0.1) is 0 Å². The highest BCUT2D eigenvalue weighted by atomic mass is 16.5. The van der Waals surface area contributed by atoms with Gasteiger partial charge in [-0.1, -0.05) is 0 Å². The summed E-state index contributed by atoms with van der Waals surface area (Å²) in [7, 11) is 2.11. The maximum Gasteiger partial charge on any atom is 0.306 e. The molecule has 1 rings (SSSR count). The van der Waals surface area contributed by atoms with Gasteiger partial charge >= 0.3 is 5.97 Å². The Morgan fingerprint density at radius 2 is 2.38 bits per heavy atom. The van der Waals surface area contributed by atoms with E-state index >= 15 is 0 Å². The molecule has 0 aromatic carbocycles. The average molecular weight is 185 g/mol. The van der Waals surface area contributed by atoms with Gasteiger partial charge in [-0.05, 0) is 39.3 Å². The lowest BCUT2D eigenvalue weighted by atomic mass is 9.95. The summed E-state index contributed by atoms with van der Waals surface area (Å²) >= 11 is 0. The molecule has 0 aromatic heterocycles. The lowest BCUT2D eigenvalue weighted by Gasteiger charge is -2.28. The molecule has 3 nitrogen and oxygen atoms in total. The fourth-order valence-electron chi connectivity index (χ4n) is 1.90. The Labute approximate surface area is 80.1 Å². The molecule has 1 fully saturated rings. The smallest absolute Gasteiger partial charge is 0.306 e. The van der Waals surface area contributed by atoms with Crippen molar-refractivity contribution >= 4 is 5.97 Å². The van der Waals surface area contributed by atoms with E-state index in [1.54, 1.807) is 0 Å². The van der Waals surface area contributed by atoms with Gasteiger partial charge in [0.15, 0.2) is 0 Å². The molecule has 1 saturated heterocycles. The first-order valence-corrected chi connectivity index (χ1v) is 5.06. The van der Waals surface area contributed by atoms with Gasteiger partial charge in [-0.25, -0.2) is 0 Å². The molecule has 1 aliphatic rings. The summed E-state index contributed by atoms with van der Waals surface area (Å²) in [6, 6.07) is 0. The van der Waals surface area contributed by atoms with E-state index < -0.39 is 0 Å². The summed E-state index contributed by atoms with van der Waals surface area (Å²) in [4.78, 5) is 13.5. The van der Waals surface area contributed by atoms with Crippen molar-refractivity contribution in [3.05, 3.63) is 0 Å². The quantitative estimate of drug-likeness (QED) is 0.620. The zero-order chi connectivity index (χ0) is 9.68. The van der Waals surface area contributed by atoms with Crippen molar-refractivity contribution in [2.24, 2.45) is 5.92 Å². The SMILES string of the molecule is CCOC(=O)C[C@H]1CCCN(C)C1. The number of likely N-dealkylation sites (tertiary alicyclic amines) is 1. The fourth-order valence-corrected chi connectivity index (χ4v) is 1.90. The van der Waals surface area contributed by atoms with Crippen LogP contribution in [0.4, 0.5) is 0 Å². The summed E-state index contributed by atoms with van der Waals surface area (Å²) < 4.78 is 4.92. The molecule has 0 saturated carbocycles. The highest BCUT2D eigenvalue weighted by molar-refractivity contribution is 5.69. The molecule has 0 unspecified atom stereocenters. The molecular formula is C10H19NO2. The Morgan fingerprint density at radius 1 is 1.62 bits per heavy atom. The maximum atomic E-state index is 11.2. The summed E-state index contributed by atoms with van der Waals surface area (Å²) in [6.45, 7) is 4.56. The van der Waals surface area contributed by atoms with Crippen LogP contribution in [0.3, 0.4) is 0 Å². The third-order valence-electron chi connectivity index (χ3n) is 2.48. The number of hydrogen-bond donors (Lipinski definition) is 0. The molecule has 76 valence electrons. The van der Waals surface area contributed by atoms with Crippen LogP contribution < -0.4 is 0 Å². The van der Waals surface area contributed by atoms with Crippen LogP contribution >= 0.6 is 0 Å². The Hall–Kier alpha value is -0.570. The zero-order valence-corrected chi connectivity index (χ0v) is 8.58. The number of carbonyl (C=O) groups is 1. The lowest BCUT2D eigenvalue weighted by Crippen LogP contribution is -2.33. The van der Waals surface area contributed by atoms with Crippen LogP contribution in [0.2, 0.25) is 0 Å². The normalized spacial score (nSPS) is 24.3. The van der Waals surface area contributed by atoms with E-state index in [2.05, 4.69) is 11.9 Å².